The molecule has 0 aliphatic carbocycles. The number of methoxy groups -OCH3 is 1. The van der Waals surface area contributed by atoms with E-state index in [1.807, 2.05) is 12.1 Å². The predicted octanol–water partition coefficient (Wildman–Crippen LogP) is 27.1. The molecule has 95 heavy (non-hydrogen) atoms. The van der Waals surface area contributed by atoms with Crippen LogP contribution in [0.1, 0.15) is 38.9 Å². The zero-order chi connectivity index (χ0) is 65.1. The first-order valence-corrected chi connectivity index (χ1v) is 37.1. The lowest BCUT2D eigenvalue weighted by atomic mass is 10.0. The van der Waals surface area contributed by atoms with Gasteiger partial charge in [0.05, 0.1) is 49.3 Å². The van der Waals surface area contributed by atoms with Gasteiger partial charge in [-0.1, -0.05) is 212 Å². The van der Waals surface area contributed by atoms with E-state index in [4.69, 9.17) is 22.8 Å². The molecule has 4 heterocycles. The molecule has 0 radical (unpaired) electrons. The van der Waals surface area contributed by atoms with Gasteiger partial charge in [0.15, 0.2) is 0 Å². The highest BCUT2D eigenvalue weighted by atomic mass is 31.1. The number of rotatable bonds is 10. The molecule has 13 aromatic carbocycles. The highest BCUT2D eigenvalue weighted by Crippen LogP contribution is 2.61. The number of aryl methyl sites for hydroxylation is 7. The van der Waals surface area contributed by atoms with E-state index in [-0.39, 0.29) is 0 Å². The number of ether oxygens (including phenoxy) is 1. The lowest BCUT2D eigenvalue weighted by Gasteiger charge is -2.22. The Hall–Kier alpha value is -9.94. The molecule has 0 aliphatic rings. The van der Waals surface area contributed by atoms with Crippen LogP contribution in [-0.4, -0.2) is 7.11 Å². The fourth-order valence-corrected chi connectivity index (χ4v) is 20.9. The third-order valence-electron chi connectivity index (χ3n) is 17.9. The molecule has 466 valence electrons. The smallest absolute Gasteiger partial charge is 0.142 e. The molecule has 0 spiro atoms. The molecule has 17 aromatic rings. The predicted molar refractivity (Wildman–Crippen MR) is 412 cm³/mol. The number of benzene rings is 13. The minimum absolute atomic E-state index is 0.705. The maximum absolute atomic E-state index is 7.62. The van der Waals surface area contributed by atoms with Crippen molar-refractivity contribution in [2.45, 2.75) is 48.5 Å². The minimum Gasteiger partial charge on any atom is -0.497 e. The molecule has 0 bridgehead atoms. The summed E-state index contributed by atoms with van der Waals surface area (Å²) in [7, 11) is -3.43. The second-order valence-electron chi connectivity index (χ2n) is 24.1. The Morgan fingerprint density at radius 3 is 0.674 bits per heavy atom. The van der Waals surface area contributed by atoms with Gasteiger partial charge in [0.25, 0.3) is 0 Å². The molecule has 5 nitrogen and oxygen atoms in total. The SMILES string of the molecule is COc1ccc(C)c(C)c1.Cc1ccc(C)c(C)c1.Cc1ccccc1C.c1cc(Op2c3ccccc3c3ccccc32)c(-c2c(Op3c4ccccc4c4ccccc43)cccc2Op2c3ccccc3c3ccccc32)c(Op2c3ccccc3c3ccccc32)c1. The van der Waals surface area contributed by atoms with Gasteiger partial charge in [-0.15, -0.1) is 0 Å². The lowest BCUT2D eigenvalue weighted by molar-refractivity contribution is 0.414. The summed E-state index contributed by atoms with van der Waals surface area (Å²) in [4.78, 5) is 0. The van der Waals surface area contributed by atoms with Gasteiger partial charge in [-0.3, -0.25) is 0 Å². The number of hydrogen-bond acceptors (Lipinski definition) is 5. The van der Waals surface area contributed by atoms with Gasteiger partial charge < -0.3 is 22.8 Å². The molecule has 0 saturated heterocycles. The highest BCUT2D eigenvalue weighted by molar-refractivity contribution is 7.58. The van der Waals surface area contributed by atoms with Crippen LogP contribution in [-0.2, 0) is 0 Å². The summed E-state index contributed by atoms with van der Waals surface area (Å²) in [5.74, 6) is 3.75. The lowest BCUT2D eigenvalue weighted by Crippen LogP contribution is -1.96. The number of fused-ring (bicyclic) bond motifs is 12. The molecule has 0 saturated carbocycles. The van der Waals surface area contributed by atoms with Gasteiger partial charge >= 0.3 is 0 Å². The maximum atomic E-state index is 7.62. The van der Waals surface area contributed by atoms with Crippen molar-refractivity contribution in [1.82, 2.24) is 0 Å². The van der Waals surface area contributed by atoms with E-state index in [2.05, 4.69) is 328 Å². The summed E-state index contributed by atoms with van der Waals surface area (Å²) in [6.45, 7) is 14.8. The molecule has 0 unspecified atom stereocenters. The van der Waals surface area contributed by atoms with E-state index in [9.17, 15) is 0 Å². The van der Waals surface area contributed by atoms with E-state index < -0.39 is 31.0 Å². The summed E-state index contributed by atoms with van der Waals surface area (Å²) < 4.78 is 35.5. The van der Waals surface area contributed by atoms with Crippen LogP contribution in [0.4, 0.5) is 0 Å². The van der Waals surface area contributed by atoms with Gasteiger partial charge in [0.1, 0.15) is 28.7 Å². The fraction of sp³-hybridized carbons (Fsp3) is 0.0930. The van der Waals surface area contributed by atoms with Crippen LogP contribution in [0.15, 0.2) is 291 Å². The molecule has 0 atom stereocenters. The summed E-state index contributed by atoms with van der Waals surface area (Å²) in [5, 5.41) is 19.2. The monoisotopic (exact) mass is 1310 g/mol. The third kappa shape index (κ3) is 12.5. The van der Waals surface area contributed by atoms with Crippen molar-refractivity contribution in [1.29, 1.82) is 0 Å². The second kappa shape index (κ2) is 27.6. The highest BCUT2D eigenvalue weighted by Gasteiger charge is 2.28. The van der Waals surface area contributed by atoms with Gasteiger partial charge in [-0.25, -0.2) is 0 Å². The van der Waals surface area contributed by atoms with E-state index in [1.165, 1.54) is 123 Å². The second-order valence-corrected chi connectivity index (χ2v) is 31.0. The molecule has 0 amide bonds. The zero-order valence-corrected chi connectivity index (χ0v) is 58.1. The topological polar surface area (TPSA) is 46.2 Å². The first-order valence-electron chi connectivity index (χ1n) is 32.1. The molecule has 0 fully saturated rings. The molecule has 9 heteroatoms. The van der Waals surface area contributed by atoms with E-state index in [0.717, 1.165) is 16.9 Å². The average Bonchev–Trinajstić information content (AvgIpc) is 1.69. The summed E-state index contributed by atoms with van der Waals surface area (Å²) in [6.07, 6.45) is 0. The van der Waals surface area contributed by atoms with Crippen molar-refractivity contribution in [3.8, 4) is 39.9 Å². The quantitative estimate of drug-likeness (QED) is 0.137. The summed E-state index contributed by atoms with van der Waals surface area (Å²) in [6, 6.07) is 103. The average molecular weight is 1310 g/mol. The fourth-order valence-electron chi connectivity index (χ4n) is 12.5. The van der Waals surface area contributed by atoms with Crippen LogP contribution in [0.3, 0.4) is 0 Å². The Morgan fingerprint density at radius 2 is 0.442 bits per heavy atom. The maximum Gasteiger partial charge on any atom is 0.142 e. The van der Waals surface area contributed by atoms with Gasteiger partial charge in [-0.2, -0.15) is 0 Å². The molecule has 17 rings (SSSR count). The van der Waals surface area contributed by atoms with Crippen LogP contribution >= 0.6 is 31.0 Å². The van der Waals surface area contributed by atoms with Crippen molar-refractivity contribution in [3.05, 3.63) is 330 Å². The normalized spacial score (nSPS) is 11.2. The Morgan fingerprint density at radius 1 is 0.211 bits per heavy atom. The summed E-state index contributed by atoms with van der Waals surface area (Å²) >= 11 is 0. The van der Waals surface area contributed by atoms with Crippen molar-refractivity contribution in [3.63, 3.8) is 0 Å². The van der Waals surface area contributed by atoms with E-state index in [1.54, 1.807) is 7.11 Å². The largest absolute Gasteiger partial charge is 0.497 e. The Bertz CT molecular complexity index is 4890. The van der Waals surface area contributed by atoms with Gasteiger partial charge in [0.2, 0.25) is 0 Å². The van der Waals surface area contributed by atoms with Crippen molar-refractivity contribution >= 4 is 115 Å². The molecule has 4 aromatic heterocycles. The molecular formula is C86H72O5P4. The zero-order valence-electron chi connectivity index (χ0n) is 54.5. The van der Waals surface area contributed by atoms with Crippen LogP contribution in [0.25, 0.3) is 95.2 Å². The number of hydrogen-bond donors (Lipinski definition) is 0. The molecule has 0 N–H and O–H groups in total. The van der Waals surface area contributed by atoms with Crippen molar-refractivity contribution in [2.75, 3.05) is 7.11 Å². The Labute approximate surface area is 559 Å². The summed E-state index contributed by atoms with van der Waals surface area (Å²) in [5.41, 5.74) is 11.0. The van der Waals surface area contributed by atoms with Gasteiger partial charge in [-0.05, 0) is 210 Å². The van der Waals surface area contributed by atoms with Crippen LogP contribution in [0.5, 0.6) is 28.7 Å². The third-order valence-corrected chi connectivity index (χ3v) is 26.1. The molecular weight excluding hydrogens is 1240 g/mol. The van der Waals surface area contributed by atoms with Crippen molar-refractivity contribution < 1.29 is 22.8 Å². The van der Waals surface area contributed by atoms with E-state index >= 15 is 0 Å². The Balaban J connectivity index is 0.000000239. The minimum atomic E-state index is -1.28. The Kier molecular flexibility index (Phi) is 18.1. The van der Waals surface area contributed by atoms with E-state index in [0.29, 0.717) is 23.0 Å². The first-order chi connectivity index (χ1) is 46.5. The standard InChI is InChI=1S/C60H38O4P4.C9H12O.C9H12.C8H10/c1-9-31-51-39(19-1)40-20-2-10-32-52(40)65(51)61-47-27-17-28-48(62-66-53-33-11-3-21-41(53)42-22-4-12-34-54(42)66)59(47)60-49(63-67-55-35-13-5-23-43(55)44-24-6-14-36-56(44)67)29-18-30-50(60)64-68-57-37-15-7-25-45(57)46-26-8-16-38-58(46)68;1-7-4-5-9(10-3)6-8(7)2;1-7-4-5-8(2)9(3)6-7;1-7-5-3-4-6-8(7)2/h1-38H;4-6H,1-3H3;4-6H,1-3H3;3-6H,1-2H3. The van der Waals surface area contributed by atoms with Crippen LogP contribution < -0.4 is 22.8 Å². The molecule has 0 aliphatic heterocycles. The first kappa shape index (κ1) is 62.5. The van der Waals surface area contributed by atoms with Crippen LogP contribution in [0, 0.1) is 48.5 Å². The van der Waals surface area contributed by atoms with Gasteiger partial charge in [0, 0.05) is 40.9 Å². The van der Waals surface area contributed by atoms with Crippen molar-refractivity contribution in [2.24, 2.45) is 0 Å². The van der Waals surface area contributed by atoms with Crippen LogP contribution in [0.2, 0.25) is 0 Å².